The molecule has 25 heavy (non-hydrogen) atoms. The molecule has 8 nitrogen and oxygen atoms in total. The molecule has 0 spiro atoms. The second-order valence-corrected chi connectivity index (χ2v) is 5.06. The van der Waals surface area contributed by atoms with Crippen LogP contribution in [-0.4, -0.2) is 40.5 Å². The summed E-state index contributed by atoms with van der Waals surface area (Å²) in [7, 11) is 0. The van der Waals surface area contributed by atoms with Crippen LogP contribution in [-0.2, 0) is 36.8 Å². The first-order valence-corrected chi connectivity index (χ1v) is 7.81. The molecule has 0 aliphatic heterocycles. The van der Waals surface area contributed by atoms with Crippen molar-refractivity contribution in [3.05, 3.63) is 40.4 Å². The second-order valence-electron chi connectivity index (χ2n) is 5.06. The lowest BCUT2D eigenvalue weighted by Crippen LogP contribution is -2.32. The molecule has 0 aliphatic carbocycles. The van der Waals surface area contributed by atoms with Gasteiger partial charge in [-0.3, -0.25) is 19.0 Å². The maximum absolute atomic E-state index is 12.7. The van der Waals surface area contributed by atoms with Crippen LogP contribution in [0.5, 0.6) is 0 Å². The number of hydrogen-bond donors (Lipinski definition) is 0. The number of benzene rings is 1. The Kier molecular flexibility index (Phi) is 5.99. The highest BCUT2D eigenvalue weighted by molar-refractivity contribution is 6.34. The zero-order valence-corrected chi connectivity index (χ0v) is 14.0. The van der Waals surface area contributed by atoms with E-state index in [-0.39, 0.29) is 19.0 Å². The Morgan fingerprint density at radius 3 is 2.44 bits per heavy atom. The van der Waals surface area contributed by atoms with E-state index in [1.807, 2.05) is 0 Å². The molecule has 0 N–H and O–H groups in total. The van der Waals surface area contributed by atoms with Crippen LogP contribution >= 0.6 is 0 Å². The molecule has 132 valence electrons. The molecule has 1 aromatic heterocycles. The van der Waals surface area contributed by atoms with Crippen LogP contribution in [0.15, 0.2) is 29.1 Å². The molecular weight excluding hydrogens is 328 g/mol. The predicted octanol–water partition coefficient (Wildman–Crippen LogP) is 0.634. The molecule has 0 saturated heterocycles. The van der Waals surface area contributed by atoms with Gasteiger partial charge in [0.1, 0.15) is 12.4 Å². The van der Waals surface area contributed by atoms with Crippen molar-refractivity contribution in [2.24, 2.45) is 0 Å². The van der Waals surface area contributed by atoms with Crippen LogP contribution in [0.2, 0.25) is 0 Å². The van der Waals surface area contributed by atoms with E-state index in [0.717, 1.165) is 4.57 Å². The number of aromatic nitrogens is 2. The van der Waals surface area contributed by atoms with Gasteiger partial charge in [-0.25, -0.2) is 9.78 Å². The Morgan fingerprint density at radius 2 is 1.76 bits per heavy atom. The van der Waals surface area contributed by atoms with Crippen molar-refractivity contribution in [3.8, 4) is 0 Å². The van der Waals surface area contributed by atoms with Crippen LogP contribution < -0.4 is 5.56 Å². The number of rotatable bonds is 7. The third-order valence-electron chi connectivity index (χ3n) is 3.36. The first kappa shape index (κ1) is 18.3. The molecule has 0 bridgehead atoms. The Morgan fingerprint density at radius 1 is 1.08 bits per heavy atom. The van der Waals surface area contributed by atoms with Gasteiger partial charge in [0.2, 0.25) is 5.78 Å². The van der Waals surface area contributed by atoms with Crippen molar-refractivity contribution in [2.45, 2.75) is 26.8 Å². The Hall–Kier alpha value is -3.03. The van der Waals surface area contributed by atoms with Gasteiger partial charge in [0.05, 0.1) is 30.5 Å². The quantitative estimate of drug-likeness (QED) is 0.535. The van der Waals surface area contributed by atoms with Gasteiger partial charge in [-0.15, -0.1) is 0 Å². The van der Waals surface area contributed by atoms with Gasteiger partial charge in [0.15, 0.2) is 0 Å². The van der Waals surface area contributed by atoms with Gasteiger partial charge in [0.25, 0.3) is 5.56 Å². The lowest BCUT2D eigenvalue weighted by molar-refractivity contribution is -0.153. The van der Waals surface area contributed by atoms with Crippen molar-refractivity contribution >= 4 is 28.6 Å². The summed E-state index contributed by atoms with van der Waals surface area (Å²) in [6, 6.07) is 6.55. The van der Waals surface area contributed by atoms with E-state index in [1.54, 1.807) is 38.1 Å². The third-order valence-corrected chi connectivity index (χ3v) is 3.36. The van der Waals surface area contributed by atoms with Gasteiger partial charge in [-0.2, -0.15) is 0 Å². The highest BCUT2D eigenvalue weighted by Crippen LogP contribution is 2.09. The van der Waals surface area contributed by atoms with E-state index >= 15 is 0 Å². The molecular formula is C17H18N2O6. The van der Waals surface area contributed by atoms with Crippen molar-refractivity contribution in [1.82, 2.24) is 9.55 Å². The molecule has 2 aromatic rings. The first-order valence-electron chi connectivity index (χ1n) is 7.81. The first-order chi connectivity index (χ1) is 12.0. The number of esters is 2. The summed E-state index contributed by atoms with van der Waals surface area (Å²) in [5.41, 5.74) is -0.107. The standard InChI is InChI=1S/C17H18N2O6/c1-3-24-15(21)10-19-14(9-13(20)17(23)25-4-2)18-12-8-6-5-7-11(12)16(19)22/h5-8H,3-4,9-10H2,1-2H3. The molecule has 0 atom stereocenters. The third kappa shape index (κ3) is 4.28. The van der Waals surface area contributed by atoms with Crippen molar-refractivity contribution in [1.29, 1.82) is 0 Å². The lowest BCUT2D eigenvalue weighted by Gasteiger charge is -2.12. The number of carbonyl (C=O) groups excluding carboxylic acids is 3. The van der Waals surface area contributed by atoms with Gasteiger partial charge in [0, 0.05) is 0 Å². The maximum atomic E-state index is 12.7. The number of carbonyl (C=O) groups is 3. The zero-order valence-electron chi connectivity index (χ0n) is 14.0. The fourth-order valence-corrected chi connectivity index (χ4v) is 2.28. The largest absolute Gasteiger partial charge is 0.465 e. The second kappa shape index (κ2) is 8.18. The summed E-state index contributed by atoms with van der Waals surface area (Å²) in [5, 5.41) is 0.305. The van der Waals surface area contributed by atoms with Crippen LogP contribution in [0.3, 0.4) is 0 Å². The van der Waals surface area contributed by atoms with Gasteiger partial charge >= 0.3 is 11.9 Å². The normalized spacial score (nSPS) is 10.5. The topological polar surface area (TPSA) is 105 Å². The molecule has 1 heterocycles. The molecule has 8 heteroatoms. The summed E-state index contributed by atoms with van der Waals surface area (Å²) >= 11 is 0. The molecule has 0 fully saturated rings. The summed E-state index contributed by atoms with van der Waals surface area (Å²) in [5.74, 6) is -2.48. The minimum atomic E-state index is -1.01. The number of hydrogen-bond acceptors (Lipinski definition) is 7. The fraction of sp³-hybridized carbons (Fsp3) is 0.353. The molecule has 0 amide bonds. The number of fused-ring (bicyclic) bond motifs is 1. The summed E-state index contributed by atoms with van der Waals surface area (Å²) in [6.45, 7) is 3.05. The molecule has 0 radical (unpaired) electrons. The molecule has 0 saturated carbocycles. The SMILES string of the molecule is CCOC(=O)Cn1c(CC(=O)C(=O)OCC)nc2ccccc2c1=O. The number of nitrogens with zero attached hydrogens (tertiary/aromatic N) is 2. The Bertz CT molecular complexity index is 871. The lowest BCUT2D eigenvalue weighted by atomic mass is 10.2. The van der Waals surface area contributed by atoms with Crippen molar-refractivity contribution in [2.75, 3.05) is 13.2 Å². The number of ketones is 1. The van der Waals surface area contributed by atoms with Crippen molar-refractivity contribution < 1.29 is 23.9 Å². The van der Waals surface area contributed by atoms with E-state index < -0.39 is 36.2 Å². The molecule has 0 unspecified atom stereocenters. The minimum Gasteiger partial charge on any atom is -0.465 e. The Labute approximate surface area is 143 Å². The smallest absolute Gasteiger partial charge is 0.375 e. The van der Waals surface area contributed by atoms with Crippen LogP contribution in [0.25, 0.3) is 10.9 Å². The monoisotopic (exact) mass is 346 g/mol. The van der Waals surface area contributed by atoms with E-state index in [1.165, 1.54) is 0 Å². The van der Waals surface area contributed by atoms with E-state index in [9.17, 15) is 19.2 Å². The molecule has 2 rings (SSSR count). The van der Waals surface area contributed by atoms with E-state index in [0.29, 0.717) is 10.9 Å². The summed E-state index contributed by atoms with van der Waals surface area (Å²) < 4.78 is 10.6. The average molecular weight is 346 g/mol. The van der Waals surface area contributed by atoms with Gasteiger partial charge in [-0.1, -0.05) is 12.1 Å². The zero-order chi connectivity index (χ0) is 18.4. The highest BCUT2D eigenvalue weighted by atomic mass is 16.5. The number of ether oxygens (including phenoxy) is 2. The van der Waals surface area contributed by atoms with E-state index in [4.69, 9.17) is 4.74 Å². The van der Waals surface area contributed by atoms with E-state index in [2.05, 4.69) is 9.72 Å². The Balaban J connectivity index is 2.48. The molecule has 1 aromatic carbocycles. The van der Waals surface area contributed by atoms with Crippen LogP contribution in [0, 0.1) is 0 Å². The van der Waals surface area contributed by atoms with Crippen LogP contribution in [0.1, 0.15) is 19.7 Å². The van der Waals surface area contributed by atoms with Gasteiger partial charge < -0.3 is 9.47 Å². The maximum Gasteiger partial charge on any atom is 0.375 e. The predicted molar refractivity (Wildman–Crippen MR) is 88.0 cm³/mol. The number of para-hydroxylation sites is 1. The van der Waals surface area contributed by atoms with Gasteiger partial charge in [-0.05, 0) is 26.0 Å². The van der Waals surface area contributed by atoms with Crippen molar-refractivity contribution in [3.63, 3.8) is 0 Å². The summed E-state index contributed by atoms with van der Waals surface area (Å²) in [6.07, 6.45) is -0.446. The highest BCUT2D eigenvalue weighted by Gasteiger charge is 2.21. The minimum absolute atomic E-state index is 0.00908. The summed E-state index contributed by atoms with van der Waals surface area (Å²) in [4.78, 5) is 52.2. The number of Topliss-reactive ketones (excluding diaryl/α,β-unsaturated/α-hetero) is 1. The van der Waals surface area contributed by atoms with Crippen LogP contribution in [0.4, 0.5) is 0 Å². The molecule has 0 aliphatic rings. The average Bonchev–Trinajstić information content (AvgIpc) is 2.58. The fourth-order valence-electron chi connectivity index (χ4n) is 2.28.